The van der Waals surface area contributed by atoms with E-state index in [0.29, 0.717) is 5.39 Å². The van der Waals surface area contributed by atoms with Gasteiger partial charge in [-0.1, -0.05) is 12.1 Å². The van der Waals surface area contributed by atoms with E-state index in [2.05, 4.69) is 4.99 Å². The van der Waals surface area contributed by atoms with Crippen molar-refractivity contribution < 1.29 is 19.4 Å². The van der Waals surface area contributed by atoms with Crippen LogP contribution in [0.5, 0.6) is 5.75 Å². The Bertz CT molecular complexity index is 686. The van der Waals surface area contributed by atoms with Gasteiger partial charge in [-0.3, -0.25) is 9.79 Å². The molecule has 0 aliphatic rings. The second-order valence-corrected chi connectivity index (χ2v) is 3.51. The minimum atomic E-state index is -1.13. The van der Waals surface area contributed by atoms with Gasteiger partial charge in [-0.15, -0.1) is 0 Å². The molecule has 1 aromatic carbocycles. The van der Waals surface area contributed by atoms with Gasteiger partial charge >= 0.3 is 11.6 Å². The molecule has 92 valence electrons. The van der Waals surface area contributed by atoms with Crippen LogP contribution >= 0.6 is 0 Å². The van der Waals surface area contributed by atoms with Gasteiger partial charge in [-0.25, -0.2) is 4.79 Å². The van der Waals surface area contributed by atoms with Crippen LogP contribution in [-0.2, 0) is 4.79 Å². The summed E-state index contributed by atoms with van der Waals surface area (Å²) in [7, 11) is 0. The molecule has 0 amide bonds. The van der Waals surface area contributed by atoms with Gasteiger partial charge in [0.05, 0.1) is 5.39 Å². The lowest BCUT2D eigenvalue weighted by molar-refractivity contribution is -0.135. The molecule has 1 aromatic heterocycles. The highest BCUT2D eigenvalue weighted by molar-refractivity contribution is 5.93. The lowest BCUT2D eigenvalue weighted by Gasteiger charge is -2.01. The Morgan fingerprint density at radius 1 is 1.39 bits per heavy atom. The normalized spacial score (nSPS) is 11.1. The molecule has 2 aromatic rings. The Morgan fingerprint density at radius 3 is 2.83 bits per heavy atom. The van der Waals surface area contributed by atoms with E-state index >= 15 is 0 Å². The first-order valence-electron chi connectivity index (χ1n) is 5.06. The summed E-state index contributed by atoms with van der Waals surface area (Å²) in [4.78, 5) is 25.4. The molecule has 0 saturated carbocycles. The van der Waals surface area contributed by atoms with Crippen molar-refractivity contribution in [2.45, 2.75) is 0 Å². The number of fused-ring (bicyclic) bond motifs is 1. The van der Waals surface area contributed by atoms with Gasteiger partial charge in [-0.2, -0.15) is 0 Å². The Balaban J connectivity index is 2.54. The van der Waals surface area contributed by atoms with E-state index in [0.717, 1.165) is 6.21 Å². The summed E-state index contributed by atoms with van der Waals surface area (Å²) in [5.74, 6) is -1.40. The second kappa shape index (κ2) is 4.70. The highest BCUT2D eigenvalue weighted by Gasteiger charge is 2.11. The summed E-state index contributed by atoms with van der Waals surface area (Å²) in [5.41, 5.74) is -0.661. The van der Waals surface area contributed by atoms with E-state index < -0.39 is 18.1 Å². The van der Waals surface area contributed by atoms with Gasteiger partial charge in [0.25, 0.3) is 0 Å². The molecular weight excluding hydrogens is 238 g/mol. The number of carboxylic acid groups (broad SMARTS) is 1. The van der Waals surface area contributed by atoms with E-state index in [-0.39, 0.29) is 16.9 Å². The summed E-state index contributed by atoms with van der Waals surface area (Å²) in [6.45, 7) is -0.480. The molecule has 0 aliphatic carbocycles. The van der Waals surface area contributed by atoms with Crippen molar-refractivity contribution >= 4 is 23.2 Å². The van der Waals surface area contributed by atoms with Crippen molar-refractivity contribution in [3.63, 3.8) is 0 Å². The molecule has 6 heteroatoms. The molecule has 0 aliphatic heterocycles. The van der Waals surface area contributed by atoms with Gasteiger partial charge in [0.1, 0.15) is 23.4 Å². The first-order valence-corrected chi connectivity index (χ1v) is 5.06. The van der Waals surface area contributed by atoms with Crippen molar-refractivity contribution in [1.82, 2.24) is 0 Å². The zero-order chi connectivity index (χ0) is 13.1. The van der Waals surface area contributed by atoms with Crippen LogP contribution in [0.1, 0.15) is 5.56 Å². The maximum Gasteiger partial charge on any atom is 0.348 e. The summed E-state index contributed by atoms with van der Waals surface area (Å²) in [5, 5.41) is 18.7. The smallest absolute Gasteiger partial charge is 0.348 e. The first-order chi connectivity index (χ1) is 8.59. The third kappa shape index (κ3) is 2.22. The predicted octanol–water partition coefficient (Wildman–Crippen LogP) is 1.00. The lowest BCUT2D eigenvalue weighted by atomic mass is 10.1. The molecule has 18 heavy (non-hydrogen) atoms. The van der Waals surface area contributed by atoms with Crippen LogP contribution in [0.3, 0.4) is 0 Å². The Hall–Kier alpha value is -2.63. The van der Waals surface area contributed by atoms with Gasteiger partial charge in [-0.05, 0) is 12.1 Å². The Kier molecular flexibility index (Phi) is 3.09. The van der Waals surface area contributed by atoms with E-state index in [1.54, 1.807) is 24.3 Å². The van der Waals surface area contributed by atoms with Gasteiger partial charge in [0.15, 0.2) is 0 Å². The third-order valence-electron chi connectivity index (χ3n) is 2.27. The maximum atomic E-state index is 11.6. The first kappa shape index (κ1) is 11.8. The van der Waals surface area contributed by atoms with E-state index in [9.17, 15) is 14.7 Å². The molecule has 2 rings (SSSR count). The standard InChI is InChI=1S/C12H9NO5/c14-10(15)6-13-5-8-11(16)7-3-1-2-4-9(7)18-12(8)17/h1-5,16H,6H2,(H,14,15). The molecule has 0 spiro atoms. The molecule has 0 saturated heterocycles. The summed E-state index contributed by atoms with van der Waals surface area (Å²) >= 11 is 0. The molecule has 2 N–H and O–H groups in total. The summed E-state index contributed by atoms with van der Waals surface area (Å²) in [6, 6.07) is 6.49. The largest absolute Gasteiger partial charge is 0.506 e. The van der Waals surface area contributed by atoms with Crippen molar-refractivity contribution in [3.05, 3.63) is 40.2 Å². The van der Waals surface area contributed by atoms with Crippen molar-refractivity contribution in [3.8, 4) is 5.75 Å². The number of carboxylic acids is 1. The molecule has 0 fully saturated rings. The van der Waals surface area contributed by atoms with Crippen LogP contribution in [0.15, 0.2) is 38.5 Å². The molecule has 6 nitrogen and oxygen atoms in total. The predicted molar refractivity (Wildman–Crippen MR) is 64.2 cm³/mol. The zero-order valence-corrected chi connectivity index (χ0v) is 9.16. The van der Waals surface area contributed by atoms with E-state index in [4.69, 9.17) is 9.52 Å². The van der Waals surface area contributed by atoms with E-state index in [1.807, 2.05) is 0 Å². The fourth-order valence-electron chi connectivity index (χ4n) is 1.48. The van der Waals surface area contributed by atoms with E-state index in [1.165, 1.54) is 0 Å². The number of aliphatic imine (C=N–C) groups is 1. The average molecular weight is 247 g/mol. The van der Waals surface area contributed by atoms with Gasteiger partial charge in [0, 0.05) is 6.21 Å². The number of carbonyl (C=O) groups is 1. The SMILES string of the molecule is O=C(O)CN=Cc1c(O)c2ccccc2oc1=O. The maximum absolute atomic E-state index is 11.6. The van der Waals surface area contributed by atoms with Crippen LogP contribution < -0.4 is 5.63 Å². The molecular formula is C12H9NO5. The highest BCUT2D eigenvalue weighted by atomic mass is 16.4. The minimum Gasteiger partial charge on any atom is -0.506 e. The van der Waals surface area contributed by atoms with Crippen LogP contribution in [-0.4, -0.2) is 28.9 Å². The van der Waals surface area contributed by atoms with Crippen LogP contribution in [0.4, 0.5) is 0 Å². The third-order valence-corrected chi connectivity index (χ3v) is 2.27. The Labute approximate surface area is 101 Å². The number of aliphatic carboxylic acids is 1. The van der Waals surface area contributed by atoms with Gasteiger partial charge in [0.2, 0.25) is 0 Å². The van der Waals surface area contributed by atoms with Gasteiger partial charge < -0.3 is 14.6 Å². The number of hydrogen-bond acceptors (Lipinski definition) is 5. The molecule has 0 radical (unpaired) electrons. The van der Waals surface area contributed by atoms with Crippen LogP contribution in [0.25, 0.3) is 11.0 Å². The van der Waals surface area contributed by atoms with Crippen molar-refractivity contribution in [1.29, 1.82) is 0 Å². The Morgan fingerprint density at radius 2 is 2.11 bits per heavy atom. The summed E-state index contributed by atoms with van der Waals surface area (Å²) < 4.78 is 4.98. The summed E-state index contributed by atoms with van der Waals surface area (Å²) in [6.07, 6.45) is 1.00. The topological polar surface area (TPSA) is 100 Å². The van der Waals surface area contributed by atoms with Crippen LogP contribution in [0, 0.1) is 0 Å². The molecule has 1 heterocycles. The monoisotopic (exact) mass is 247 g/mol. The number of rotatable bonds is 3. The van der Waals surface area contributed by atoms with Crippen molar-refractivity contribution in [2.24, 2.45) is 4.99 Å². The minimum absolute atomic E-state index is 0.157. The fourth-order valence-corrected chi connectivity index (χ4v) is 1.48. The molecule has 0 bridgehead atoms. The molecule has 0 unspecified atom stereocenters. The fraction of sp³-hybridized carbons (Fsp3) is 0.0833. The molecule has 0 atom stereocenters. The highest BCUT2D eigenvalue weighted by Crippen LogP contribution is 2.24. The number of hydrogen-bond donors (Lipinski definition) is 2. The lowest BCUT2D eigenvalue weighted by Crippen LogP contribution is -2.08. The van der Waals surface area contributed by atoms with Crippen molar-refractivity contribution in [2.75, 3.05) is 6.54 Å². The number of nitrogens with zero attached hydrogens (tertiary/aromatic N) is 1. The second-order valence-electron chi connectivity index (χ2n) is 3.51. The zero-order valence-electron chi connectivity index (χ0n) is 9.16. The number of benzene rings is 1. The average Bonchev–Trinajstić information content (AvgIpc) is 2.33. The van der Waals surface area contributed by atoms with Crippen LogP contribution in [0.2, 0.25) is 0 Å². The number of para-hydroxylation sites is 1. The quantitative estimate of drug-likeness (QED) is 0.622. The number of aromatic hydroxyl groups is 1.